The number of ketones is 1. The second kappa shape index (κ2) is 7.80. The number of Topliss-reactive ketones (excluding diaryl/α,β-unsaturated/α-hetero) is 1. The lowest BCUT2D eigenvalue weighted by atomic mass is 9.99. The summed E-state index contributed by atoms with van der Waals surface area (Å²) in [5.41, 5.74) is 0.940. The van der Waals surface area contributed by atoms with Crippen LogP contribution in [0.15, 0.2) is 58.5 Å². The van der Waals surface area contributed by atoms with E-state index in [0.717, 1.165) is 10.5 Å². The molecule has 1 aliphatic heterocycles. The Hall–Kier alpha value is -3.22. The van der Waals surface area contributed by atoms with Gasteiger partial charge in [-0.3, -0.25) is 14.5 Å². The summed E-state index contributed by atoms with van der Waals surface area (Å²) in [6.45, 7) is 3.51. The summed E-state index contributed by atoms with van der Waals surface area (Å²) in [5.74, 6) is -1.60. The number of rotatable bonds is 3. The van der Waals surface area contributed by atoms with Gasteiger partial charge in [-0.1, -0.05) is 29.3 Å². The molecule has 1 unspecified atom stereocenters. The highest BCUT2D eigenvalue weighted by Crippen LogP contribution is 2.45. The molecule has 1 atom stereocenters. The molecule has 3 aromatic rings. The monoisotopic (exact) mass is 457 g/mol. The van der Waals surface area contributed by atoms with Crippen LogP contribution in [-0.2, 0) is 9.59 Å². The van der Waals surface area contributed by atoms with Crippen molar-refractivity contribution >= 4 is 46.3 Å². The lowest BCUT2D eigenvalue weighted by molar-refractivity contribution is -0.132. The minimum atomic E-state index is -1.09. The van der Waals surface area contributed by atoms with Crippen molar-refractivity contribution in [2.45, 2.75) is 19.9 Å². The highest BCUT2D eigenvalue weighted by atomic mass is 35.5. The molecule has 0 spiro atoms. The van der Waals surface area contributed by atoms with Crippen molar-refractivity contribution in [1.29, 1.82) is 0 Å². The Morgan fingerprint density at radius 2 is 1.74 bits per heavy atom. The quantitative estimate of drug-likeness (QED) is 0.306. The smallest absolute Gasteiger partial charge is 0.300 e. The number of aliphatic hydroxyl groups excluding tert-OH is 1. The van der Waals surface area contributed by atoms with Crippen molar-refractivity contribution in [2.24, 2.45) is 0 Å². The van der Waals surface area contributed by atoms with Crippen LogP contribution in [0.2, 0.25) is 10.0 Å². The maximum absolute atomic E-state index is 13.1. The lowest BCUT2D eigenvalue weighted by Crippen LogP contribution is -2.29. The Bertz CT molecular complexity index is 1260. The normalized spacial score (nSPS) is 18.1. The second-order valence-corrected chi connectivity index (χ2v) is 8.05. The highest BCUT2D eigenvalue weighted by Gasteiger charge is 2.49. The van der Waals surface area contributed by atoms with Gasteiger partial charge < -0.3 is 14.6 Å². The summed E-state index contributed by atoms with van der Waals surface area (Å²) in [4.78, 5) is 27.2. The molecular weight excluding hydrogens is 441 g/mol. The van der Waals surface area contributed by atoms with Crippen molar-refractivity contribution in [3.05, 3.63) is 86.8 Å². The summed E-state index contributed by atoms with van der Waals surface area (Å²) in [7, 11) is 0. The number of phenols is 1. The number of halogens is 2. The first-order valence-corrected chi connectivity index (χ1v) is 10.1. The fourth-order valence-electron chi connectivity index (χ4n) is 3.58. The third kappa shape index (κ3) is 3.58. The molecule has 2 heterocycles. The van der Waals surface area contributed by atoms with Gasteiger partial charge >= 0.3 is 0 Å². The molecule has 2 aromatic carbocycles. The molecule has 0 radical (unpaired) electrons. The number of carbonyl (C=O) groups is 2. The summed E-state index contributed by atoms with van der Waals surface area (Å²) in [6.07, 6.45) is 0. The topological polar surface area (TPSA) is 91.0 Å². The van der Waals surface area contributed by atoms with Gasteiger partial charge in [0.05, 0.1) is 21.3 Å². The van der Waals surface area contributed by atoms with Crippen LogP contribution < -0.4 is 4.90 Å². The number of carbonyl (C=O) groups excluding carboxylic acids is 2. The van der Waals surface area contributed by atoms with Gasteiger partial charge in [0.25, 0.3) is 11.7 Å². The van der Waals surface area contributed by atoms with E-state index in [1.165, 1.54) is 24.3 Å². The van der Waals surface area contributed by atoms with Gasteiger partial charge in [0.15, 0.2) is 0 Å². The predicted molar refractivity (Wildman–Crippen MR) is 118 cm³/mol. The number of anilines is 1. The first-order chi connectivity index (χ1) is 14.7. The Morgan fingerprint density at radius 1 is 1.00 bits per heavy atom. The van der Waals surface area contributed by atoms with E-state index in [4.69, 9.17) is 27.6 Å². The molecule has 1 aliphatic rings. The molecule has 8 heteroatoms. The van der Waals surface area contributed by atoms with Crippen LogP contribution in [0.3, 0.4) is 0 Å². The molecule has 0 saturated carbocycles. The van der Waals surface area contributed by atoms with Crippen LogP contribution >= 0.6 is 23.2 Å². The first kappa shape index (κ1) is 21.0. The van der Waals surface area contributed by atoms with Crippen molar-refractivity contribution in [3.8, 4) is 5.75 Å². The molecule has 0 bridgehead atoms. The van der Waals surface area contributed by atoms with Crippen molar-refractivity contribution in [2.75, 3.05) is 4.90 Å². The van der Waals surface area contributed by atoms with Gasteiger partial charge in [-0.15, -0.1) is 0 Å². The van der Waals surface area contributed by atoms with Crippen LogP contribution in [0, 0.1) is 13.8 Å². The van der Waals surface area contributed by atoms with Crippen LogP contribution in [-0.4, -0.2) is 21.9 Å². The minimum Gasteiger partial charge on any atom is -0.507 e. The number of aryl methyl sites for hydroxylation is 2. The average Bonchev–Trinajstić information content (AvgIpc) is 3.27. The van der Waals surface area contributed by atoms with E-state index in [9.17, 15) is 19.8 Å². The van der Waals surface area contributed by atoms with E-state index < -0.39 is 23.5 Å². The number of phenolic OH excluding ortho intramolecular Hbond substituents is 1. The van der Waals surface area contributed by atoms with Crippen LogP contribution in [0.25, 0.3) is 5.76 Å². The first-order valence-electron chi connectivity index (χ1n) is 9.31. The summed E-state index contributed by atoms with van der Waals surface area (Å²) >= 11 is 12.0. The van der Waals surface area contributed by atoms with E-state index in [0.29, 0.717) is 5.76 Å². The van der Waals surface area contributed by atoms with Crippen molar-refractivity contribution < 1.29 is 24.2 Å². The Morgan fingerprint density at radius 3 is 2.39 bits per heavy atom. The zero-order chi connectivity index (χ0) is 22.4. The number of nitrogens with zero attached hydrogens (tertiary/aromatic N) is 1. The zero-order valence-corrected chi connectivity index (χ0v) is 18.0. The Balaban J connectivity index is 1.98. The number of aliphatic hydroxyl groups is 1. The maximum atomic E-state index is 13.1. The standard InChI is InChI=1S/C23H17Cl2NO5/c1-11-3-7-17(27)16(9-11)26-20(18-8-4-12(2)31-18)19(22(29)23(26)30)21(28)13-5-6-14(24)15(25)10-13/h3-10,20,27-28H,1-2H3/b21-19-. The molecule has 158 valence electrons. The highest BCUT2D eigenvalue weighted by molar-refractivity contribution is 6.52. The molecule has 1 fully saturated rings. The SMILES string of the molecule is Cc1ccc(O)c(N2C(=O)C(=O)/C(=C(\O)c3ccc(Cl)c(Cl)c3)C2c2ccc(C)o2)c1. The van der Waals surface area contributed by atoms with Gasteiger partial charge in [0.2, 0.25) is 0 Å². The Kier molecular flexibility index (Phi) is 5.29. The average molecular weight is 458 g/mol. The third-order valence-corrected chi connectivity index (χ3v) is 5.80. The fraction of sp³-hybridized carbons (Fsp3) is 0.130. The number of aromatic hydroxyl groups is 1. The second-order valence-electron chi connectivity index (χ2n) is 7.24. The van der Waals surface area contributed by atoms with E-state index in [1.54, 1.807) is 38.1 Å². The number of hydrogen-bond donors (Lipinski definition) is 2. The van der Waals surface area contributed by atoms with Crippen LogP contribution in [0.5, 0.6) is 5.75 Å². The summed E-state index contributed by atoms with van der Waals surface area (Å²) in [6, 6.07) is 11.3. The molecule has 6 nitrogen and oxygen atoms in total. The maximum Gasteiger partial charge on any atom is 0.300 e. The number of benzene rings is 2. The number of amides is 1. The molecule has 1 aromatic heterocycles. The van der Waals surface area contributed by atoms with Crippen molar-refractivity contribution in [1.82, 2.24) is 0 Å². The number of hydrogen-bond acceptors (Lipinski definition) is 5. The van der Waals surface area contributed by atoms with E-state index >= 15 is 0 Å². The largest absolute Gasteiger partial charge is 0.507 e. The molecule has 31 heavy (non-hydrogen) atoms. The molecule has 1 amide bonds. The summed E-state index contributed by atoms with van der Waals surface area (Å²) in [5, 5.41) is 21.9. The zero-order valence-electron chi connectivity index (χ0n) is 16.5. The molecule has 2 N–H and O–H groups in total. The lowest BCUT2D eigenvalue weighted by Gasteiger charge is -2.24. The third-order valence-electron chi connectivity index (χ3n) is 5.06. The van der Waals surface area contributed by atoms with E-state index in [-0.39, 0.29) is 38.4 Å². The Labute approximate surface area is 187 Å². The van der Waals surface area contributed by atoms with Gasteiger partial charge in [-0.05, 0) is 61.9 Å². The van der Waals surface area contributed by atoms with Crippen LogP contribution in [0.1, 0.15) is 28.7 Å². The summed E-state index contributed by atoms with van der Waals surface area (Å²) < 4.78 is 5.72. The van der Waals surface area contributed by atoms with Gasteiger partial charge in [0.1, 0.15) is 29.1 Å². The number of furan rings is 1. The minimum absolute atomic E-state index is 0.134. The van der Waals surface area contributed by atoms with Gasteiger partial charge in [0, 0.05) is 5.56 Å². The predicted octanol–water partition coefficient (Wildman–Crippen LogP) is 5.54. The molecule has 0 aliphatic carbocycles. The van der Waals surface area contributed by atoms with Crippen LogP contribution in [0.4, 0.5) is 5.69 Å². The molecule has 4 rings (SSSR count). The van der Waals surface area contributed by atoms with Gasteiger partial charge in [-0.2, -0.15) is 0 Å². The van der Waals surface area contributed by atoms with Gasteiger partial charge in [-0.25, -0.2) is 0 Å². The molecular formula is C23H17Cl2NO5. The van der Waals surface area contributed by atoms with E-state index in [1.807, 2.05) is 0 Å². The van der Waals surface area contributed by atoms with E-state index in [2.05, 4.69) is 0 Å². The fourth-order valence-corrected chi connectivity index (χ4v) is 3.87. The molecule has 1 saturated heterocycles. The van der Waals surface area contributed by atoms with Crippen molar-refractivity contribution in [3.63, 3.8) is 0 Å².